The van der Waals surface area contributed by atoms with Gasteiger partial charge in [0.1, 0.15) is 0 Å². The summed E-state index contributed by atoms with van der Waals surface area (Å²) in [4.78, 5) is 0. The zero-order valence-corrected chi connectivity index (χ0v) is 14.1. The molecular formula is C24H20. The molecule has 0 heterocycles. The molecule has 0 bridgehead atoms. The molecule has 4 aromatic rings. The molecule has 0 saturated heterocycles. The second-order valence-corrected chi connectivity index (χ2v) is 6.45. The Labute approximate surface area is 143 Å². The van der Waals surface area contributed by atoms with Crippen LogP contribution in [0.3, 0.4) is 0 Å². The minimum absolute atomic E-state index is 1.28. The Morgan fingerprint density at radius 1 is 0.500 bits per heavy atom. The summed E-state index contributed by atoms with van der Waals surface area (Å²) in [7, 11) is 0. The molecule has 0 radical (unpaired) electrons. The van der Waals surface area contributed by atoms with Crippen molar-refractivity contribution >= 4 is 10.8 Å². The zero-order chi connectivity index (χ0) is 16.5. The molecule has 0 unspecified atom stereocenters. The van der Waals surface area contributed by atoms with Crippen molar-refractivity contribution in [2.45, 2.75) is 13.8 Å². The molecule has 0 spiro atoms. The highest BCUT2D eigenvalue weighted by Crippen LogP contribution is 2.36. The topological polar surface area (TPSA) is 0 Å². The molecule has 0 N–H and O–H groups in total. The van der Waals surface area contributed by atoms with Crippen molar-refractivity contribution in [3.63, 3.8) is 0 Å². The number of benzene rings is 4. The maximum absolute atomic E-state index is 2.27. The average molecular weight is 308 g/mol. The first-order chi connectivity index (χ1) is 11.7. The van der Waals surface area contributed by atoms with Crippen molar-refractivity contribution in [2.24, 2.45) is 0 Å². The zero-order valence-electron chi connectivity index (χ0n) is 14.1. The van der Waals surface area contributed by atoms with Gasteiger partial charge in [0.2, 0.25) is 0 Å². The van der Waals surface area contributed by atoms with Crippen molar-refractivity contribution in [3.05, 3.63) is 96.1 Å². The fraction of sp³-hybridized carbons (Fsp3) is 0.0833. The van der Waals surface area contributed by atoms with E-state index in [9.17, 15) is 0 Å². The molecule has 4 aromatic carbocycles. The number of hydrogen-bond donors (Lipinski definition) is 0. The molecule has 24 heavy (non-hydrogen) atoms. The monoisotopic (exact) mass is 308 g/mol. The second kappa shape index (κ2) is 5.98. The van der Waals surface area contributed by atoms with E-state index in [1.165, 1.54) is 44.2 Å². The van der Waals surface area contributed by atoms with E-state index in [0.717, 1.165) is 0 Å². The van der Waals surface area contributed by atoms with Gasteiger partial charge in [-0.2, -0.15) is 0 Å². The Bertz CT molecular complexity index is 945. The fourth-order valence-corrected chi connectivity index (χ4v) is 3.45. The van der Waals surface area contributed by atoms with Gasteiger partial charge in [-0.25, -0.2) is 0 Å². The highest BCUT2D eigenvalue weighted by Gasteiger charge is 2.10. The summed E-state index contributed by atoms with van der Waals surface area (Å²) in [6.45, 7) is 4.30. The summed E-state index contributed by atoms with van der Waals surface area (Å²) in [5.41, 5.74) is 7.73. The molecule has 0 fully saturated rings. The molecule has 4 rings (SSSR count). The SMILES string of the molecule is Cc1cccc(-c2cccc3cccc(-c4cccc(C)c4)c23)c1. The third-order valence-corrected chi connectivity index (χ3v) is 4.56. The predicted octanol–water partition coefficient (Wildman–Crippen LogP) is 6.79. The van der Waals surface area contributed by atoms with Gasteiger partial charge in [0.25, 0.3) is 0 Å². The fourth-order valence-electron chi connectivity index (χ4n) is 3.45. The Morgan fingerprint density at radius 2 is 0.958 bits per heavy atom. The van der Waals surface area contributed by atoms with Gasteiger partial charge >= 0.3 is 0 Å². The van der Waals surface area contributed by atoms with Crippen LogP contribution in [0.5, 0.6) is 0 Å². The Hall–Kier alpha value is -2.86. The molecule has 0 nitrogen and oxygen atoms in total. The molecular weight excluding hydrogens is 288 g/mol. The Balaban J connectivity index is 2.06. The van der Waals surface area contributed by atoms with Gasteiger partial charge in [-0.1, -0.05) is 96.1 Å². The van der Waals surface area contributed by atoms with E-state index in [4.69, 9.17) is 0 Å². The number of rotatable bonds is 2. The van der Waals surface area contributed by atoms with Gasteiger partial charge in [-0.15, -0.1) is 0 Å². The second-order valence-electron chi connectivity index (χ2n) is 6.45. The average Bonchev–Trinajstić information content (AvgIpc) is 2.60. The summed E-state index contributed by atoms with van der Waals surface area (Å²) in [6, 6.07) is 30.7. The molecule has 0 aromatic heterocycles. The summed E-state index contributed by atoms with van der Waals surface area (Å²) in [5, 5.41) is 2.62. The molecule has 0 aliphatic rings. The van der Waals surface area contributed by atoms with E-state index in [-0.39, 0.29) is 0 Å². The summed E-state index contributed by atoms with van der Waals surface area (Å²) in [5.74, 6) is 0. The molecule has 0 atom stereocenters. The van der Waals surface area contributed by atoms with Gasteiger partial charge in [-0.05, 0) is 46.9 Å². The van der Waals surface area contributed by atoms with Crippen LogP contribution < -0.4 is 0 Å². The Morgan fingerprint density at radius 3 is 1.42 bits per heavy atom. The highest BCUT2D eigenvalue weighted by atomic mass is 14.1. The minimum Gasteiger partial charge on any atom is -0.0614 e. The molecule has 116 valence electrons. The summed E-state index contributed by atoms with van der Waals surface area (Å²) < 4.78 is 0. The van der Waals surface area contributed by atoms with Crippen molar-refractivity contribution in [1.29, 1.82) is 0 Å². The lowest BCUT2D eigenvalue weighted by molar-refractivity contribution is 1.47. The van der Waals surface area contributed by atoms with Crippen LogP contribution in [0, 0.1) is 13.8 Å². The normalized spacial score (nSPS) is 10.9. The lowest BCUT2D eigenvalue weighted by Gasteiger charge is -2.13. The summed E-state index contributed by atoms with van der Waals surface area (Å²) in [6.07, 6.45) is 0. The third-order valence-electron chi connectivity index (χ3n) is 4.56. The van der Waals surface area contributed by atoms with Crippen LogP contribution in [0.2, 0.25) is 0 Å². The smallest absolute Gasteiger partial charge is 0.00268 e. The maximum Gasteiger partial charge on any atom is -0.00268 e. The van der Waals surface area contributed by atoms with Crippen molar-refractivity contribution < 1.29 is 0 Å². The third kappa shape index (κ3) is 2.61. The number of hydrogen-bond acceptors (Lipinski definition) is 0. The van der Waals surface area contributed by atoms with Crippen molar-refractivity contribution in [3.8, 4) is 22.3 Å². The van der Waals surface area contributed by atoms with E-state index in [2.05, 4.69) is 98.8 Å². The van der Waals surface area contributed by atoms with Crippen LogP contribution in [0.1, 0.15) is 11.1 Å². The first kappa shape index (κ1) is 14.7. The first-order valence-electron chi connectivity index (χ1n) is 8.38. The van der Waals surface area contributed by atoms with Gasteiger partial charge in [0.05, 0.1) is 0 Å². The Kier molecular flexibility index (Phi) is 3.66. The van der Waals surface area contributed by atoms with E-state index < -0.39 is 0 Å². The van der Waals surface area contributed by atoms with E-state index in [1.54, 1.807) is 0 Å². The first-order valence-corrected chi connectivity index (χ1v) is 8.38. The molecule has 0 aliphatic carbocycles. The maximum atomic E-state index is 2.27. The van der Waals surface area contributed by atoms with E-state index in [1.807, 2.05) is 0 Å². The van der Waals surface area contributed by atoms with Gasteiger partial charge in [0, 0.05) is 0 Å². The number of aryl methyl sites for hydroxylation is 2. The van der Waals surface area contributed by atoms with Crippen LogP contribution in [0.4, 0.5) is 0 Å². The van der Waals surface area contributed by atoms with Gasteiger partial charge < -0.3 is 0 Å². The lowest BCUT2D eigenvalue weighted by Crippen LogP contribution is -1.87. The molecule has 0 heteroatoms. The quantitative estimate of drug-likeness (QED) is 0.382. The molecule has 0 saturated carbocycles. The van der Waals surface area contributed by atoms with Gasteiger partial charge in [-0.3, -0.25) is 0 Å². The standard InChI is InChI=1S/C24H20/c1-17-7-3-11-20(15-17)22-13-5-9-19-10-6-14-23(24(19)22)21-12-4-8-18(2)16-21/h3-16H,1-2H3. The van der Waals surface area contributed by atoms with Crippen LogP contribution in [-0.4, -0.2) is 0 Å². The van der Waals surface area contributed by atoms with Crippen LogP contribution >= 0.6 is 0 Å². The predicted molar refractivity (Wildman–Crippen MR) is 104 cm³/mol. The van der Waals surface area contributed by atoms with Crippen LogP contribution in [0.25, 0.3) is 33.0 Å². The van der Waals surface area contributed by atoms with Crippen molar-refractivity contribution in [1.82, 2.24) is 0 Å². The van der Waals surface area contributed by atoms with Crippen molar-refractivity contribution in [2.75, 3.05) is 0 Å². The minimum atomic E-state index is 1.28. The van der Waals surface area contributed by atoms with E-state index in [0.29, 0.717) is 0 Å². The number of fused-ring (bicyclic) bond motifs is 1. The van der Waals surface area contributed by atoms with Gasteiger partial charge in [0.15, 0.2) is 0 Å². The van der Waals surface area contributed by atoms with Crippen LogP contribution in [-0.2, 0) is 0 Å². The molecule has 0 amide bonds. The summed E-state index contributed by atoms with van der Waals surface area (Å²) >= 11 is 0. The van der Waals surface area contributed by atoms with Crippen LogP contribution in [0.15, 0.2) is 84.9 Å². The molecule has 0 aliphatic heterocycles. The lowest BCUT2D eigenvalue weighted by atomic mass is 9.91. The highest BCUT2D eigenvalue weighted by molar-refractivity contribution is 6.06. The van der Waals surface area contributed by atoms with E-state index >= 15 is 0 Å². The largest absolute Gasteiger partial charge is 0.0614 e.